The molecular formula is C22H17FN4O3S2. The van der Waals surface area contributed by atoms with Crippen LogP contribution in [0.4, 0.5) is 15.2 Å². The van der Waals surface area contributed by atoms with Crippen LogP contribution in [0.3, 0.4) is 0 Å². The van der Waals surface area contributed by atoms with Gasteiger partial charge >= 0.3 is 0 Å². The predicted octanol–water partition coefficient (Wildman–Crippen LogP) is 4.33. The lowest BCUT2D eigenvalue weighted by atomic mass is 10.1. The van der Waals surface area contributed by atoms with E-state index in [1.165, 1.54) is 23.5 Å². The molecule has 0 aliphatic rings. The minimum atomic E-state index is -3.84. The lowest BCUT2D eigenvalue weighted by molar-refractivity contribution is -0.115. The fourth-order valence-corrected chi connectivity index (χ4v) is 4.66. The number of halogens is 1. The lowest BCUT2D eigenvalue weighted by Crippen LogP contribution is -2.15. The molecule has 0 unspecified atom stereocenters. The van der Waals surface area contributed by atoms with Gasteiger partial charge in [0.15, 0.2) is 0 Å². The number of amides is 1. The van der Waals surface area contributed by atoms with E-state index in [9.17, 15) is 17.6 Å². The number of hydrogen-bond acceptors (Lipinski definition) is 6. The highest BCUT2D eigenvalue weighted by molar-refractivity contribution is 7.92. The Kier molecular flexibility index (Phi) is 6.24. The van der Waals surface area contributed by atoms with Crippen molar-refractivity contribution >= 4 is 38.1 Å². The van der Waals surface area contributed by atoms with Gasteiger partial charge in [0.1, 0.15) is 10.8 Å². The topological polar surface area (TPSA) is 101 Å². The number of hydrogen-bond donors (Lipinski definition) is 2. The molecule has 0 bridgehead atoms. The molecule has 0 aliphatic carbocycles. The number of carbonyl (C=O) groups is 1. The normalized spacial score (nSPS) is 11.2. The summed E-state index contributed by atoms with van der Waals surface area (Å²) in [5, 5.41) is 11.9. The van der Waals surface area contributed by atoms with Crippen molar-refractivity contribution in [2.45, 2.75) is 11.3 Å². The molecule has 0 aliphatic heterocycles. The number of sulfonamides is 1. The third-order valence-electron chi connectivity index (χ3n) is 4.39. The summed E-state index contributed by atoms with van der Waals surface area (Å²) in [7, 11) is -3.84. The summed E-state index contributed by atoms with van der Waals surface area (Å²) in [6, 6.07) is 20.5. The highest BCUT2D eigenvalue weighted by atomic mass is 32.2. The average molecular weight is 469 g/mol. The summed E-state index contributed by atoms with van der Waals surface area (Å²) in [6.45, 7) is 0. The van der Waals surface area contributed by atoms with Gasteiger partial charge in [-0.2, -0.15) is 0 Å². The summed E-state index contributed by atoms with van der Waals surface area (Å²) in [6.07, 6.45) is 0.0885. The first-order valence-electron chi connectivity index (χ1n) is 9.45. The summed E-state index contributed by atoms with van der Waals surface area (Å²) in [5.41, 5.74) is 1.94. The fourth-order valence-electron chi connectivity index (χ4n) is 2.84. The van der Waals surface area contributed by atoms with E-state index in [2.05, 4.69) is 20.2 Å². The van der Waals surface area contributed by atoms with Crippen molar-refractivity contribution in [1.29, 1.82) is 0 Å². The maximum atomic E-state index is 13.0. The van der Waals surface area contributed by atoms with Crippen LogP contribution in [0.25, 0.3) is 10.6 Å². The molecule has 0 fully saturated rings. The number of carbonyl (C=O) groups excluding carboxylic acids is 1. The standard InChI is InChI=1S/C22H17FN4O3S2/c23-17-8-12-19(13-9-17)32(29,30)27-18-10-6-15(7-11-18)14-20(28)24-22-26-25-21(31-22)16-4-2-1-3-5-16/h1-13,27H,14H2,(H,24,26,28). The van der Waals surface area contributed by atoms with Crippen molar-refractivity contribution < 1.29 is 17.6 Å². The zero-order chi connectivity index (χ0) is 22.6. The summed E-state index contributed by atoms with van der Waals surface area (Å²) in [5.74, 6) is -0.781. The first kappa shape index (κ1) is 21.6. The summed E-state index contributed by atoms with van der Waals surface area (Å²) < 4.78 is 40.2. The van der Waals surface area contributed by atoms with Crippen molar-refractivity contribution in [3.8, 4) is 10.6 Å². The molecule has 1 amide bonds. The van der Waals surface area contributed by atoms with Crippen LogP contribution < -0.4 is 10.0 Å². The molecule has 2 N–H and O–H groups in total. The minimum Gasteiger partial charge on any atom is -0.300 e. The first-order valence-corrected chi connectivity index (χ1v) is 11.8. The molecule has 0 saturated carbocycles. The highest BCUT2D eigenvalue weighted by Crippen LogP contribution is 2.26. The Morgan fingerprint density at radius 1 is 0.906 bits per heavy atom. The van der Waals surface area contributed by atoms with E-state index in [0.29, 0.717) is 21.4 Å². The fraction of sp³-hybridized carbons (Fsp3) is 0.0455. The smallest absolute Gasteiger partial charge is 0.261 e. The van der Waals surface area contributed by atoms with Gasteiger partial charge in [-0.1, -0.05) is 53.8 Å². The van der Waals surface area contributed by atoms with E-state index in [1.807, 2.05) is 30.3 Å². The van der Waals surface area contributed by atoms with Crippen molar-refractivity contribution in [2.75, 3.05) is 10.0 Å². The molecule has 7 nitrogen and oxygen atoms in total. The van der Waals surface area contributed by atoms with Gasteiger partial charge in [0.2, 0.25) is 11.0 Å². The van der Waals surface area contributed by atoms with Crippen molar-refractivity contribution in [3.63, 3.8) is 0 Å². The van der Waals surface area contributed by atoms with Gasteiger partial charge in [-0.15, -0.1) is 10.2 Å². The average Bonchev–Trinajstić information content (AvgIpc) is 3.24. The third-order valence-corrected chi connectivity index (χ3v) is 6.67. The van der Waals surface area contributed by atoms with Crippen molar-refractivity contribution in [2.24, 2.45) is 0 Å². The number of nitrogens with zero attached hydrogens (tertiary/aromatic N) is 2. The van der Waals surface area contributed by atoms with E-state index in [4.69, 9.17) is 0 Å². The summed E-state index contributed by atoms with van der Waals surface area (Å²) >= 11 is 1.28. The van der Waals surface area contributed by atoms with E-state index in [-0.39, 0.29) is 17.2 Å². The minimum absolute atomic E-state index is 0.0470. The Balaban J connectivity index is 1.36. The van der Waals surface area contributed by atoms with Gasteiger partial charge in [0.05, 0.1) is 11.3 Å². The van der Waals surface area contributed by atoms with E-state index >= 15 is 0 Å². The number of benzene rings is 3. The Hall–Kier alpha value is -3.63. The first-order chi connectivity index (χ1) is 15.4. The van der Waals surface area contributed by atoms with Crippen LogP contribution in [0, 0.1) is 5.82 Å². The van der Waals surface area contributed by atoms with Gasteiger partial charge in [0.25, 0.3) is 10.0 Å². The Bertz CT molecular complexity index is 1320. The molecule has 4 rings (SSSR count). The maximum Gasteiger partial charge on any atom is 0.261 e. The van der Waals surface area contributed by atoms with Crippen LogP contribution in [0.15, 0.2) is 83.8 Å². The highest BCUT2D eigenvalue weighted by Gasteiger charge is 2.15. The molecule has 0 radical (unpaired) electrons. The largest absolute Gasteiger partial charge is 0.300 e. The van der Waals surface area contributed by atoms with E-state index in [1.54, 1.807) is 24.3 Å². The molecule has 10 heteroatoms. The molecule has 0 spiro atoms. The number of aromatic nitrogens is 2. The Labute approximate surface area is 188 Å². The summed E-state index contributed by atoms with van der Waals surface area (Å²) in [4.78, 5) is 12.3. The van der Waals surface area contributed by atoms with Crippen LogP contribution in [0.5, 0.6) is 0 Å². The molecule has 32 heavy (non-hydrogen) atoms. The molecule has 0 atom stereocenters. The van der Waals surface area contributed by atoms with E-state index < -0.39 is 15.8 Å². The van der Waals surface area contributed by atoms with Crippen LogP contribution in [-0.2, 0) is 21.2 Å². The quantitative estimate of drug-likeness (QED) is 0.421. The maximum absolute atomic E-state index is 13.0. The van der Waals surface area contributed by atoms with Crippen LogP contribution in [0.2, 0.25) is 0 Å². The lowest BCUT2D eigenvalue weighted by Gasteiger charge is -2.09. The number of nitrogens with one attached hydrogen (secondary N) is 2. The second-order valence-electron chi connectivity index (χ2n) is 6.76. The molecule has 4 aromatic rings. The van der Waals surface area contributed by atoms with Crippen LogP contribution in [0.1, 0.15) is 5.56 Å². The third kappa shape index (κ3) is 5.34. The molecular weight excluding hydrogens is 451 g/mol. The van der Waals surface area contributed by atoms with Gasteiger partial charge in [-0.05, 0) is 42.0 Å². The van der Waals surface area contributed by atoms with Crippen molar-refractivity contribution in [3.05, 3.63) is 90.2 Å². The van der Waals surface area contributed by atoms with Crippen LogP contribution in [-0.4, -0.2) is 24.5 Å². The SMILES string of the molecule is O=C(Cc1ccc(NS(=O)(=O)c2ccc(F)cc2)cc1)Nc1nnc(-c2ccccc2)s1. The molecule has 3 aromatic carbocycles. The van der Waals surface area contributed by atoms with Crippen molar-refractivity contribution in [1.82, 2.24) is 10.2 Å². The Morgan fingerprint density at radius 2 is 1.59 bits per heavy atom. The zero-order valence-corrected chi connectivity index (χ0v) is 18.2. The Morgan fingerprint density at radius 3 is 2.28 bits per heavy atom. The monoisotopic (exact) mass is 468 g/mol. The number of anilines is 2. The molecule has 1 aromatic heterocycles. The van der Waals surface area contributed by atoms with Gasteiger partial charge in [-0.25, -0.2) is 12.8 Å². The molecule has 162 valence electrons. The zero-order valence-electron chi connectivity index (χ0n) is 16.5. The second kappa shape index (κ2) is 9.25. The molecule has 1 heterocycles. The van der Waals surface area contributed by atoms with E-state index in [0.717, 1.165) is 17.7 Å². The van der Waals surface area contributed by atoms with Gasteiger partial charge < -0.3 is 5.32 Å². The molecule has 0 saturated heterocycles. The predicted molar refractivity (Wildman–Crippen MR) is 121 cm³/mol. The second-order valence-corrected chi connectivity index (χ2v) is 9.42. The van der Waals surface area contributed by atoms with Crippen LogP contribution >= 0.6 is 11.3 Å². The van der Waals surface area contributed by atoms with Gasteiger partial charge in [0, 0.05) is 11.3 Å². The number of rotatable bonds is 7. The van der Waals surface area contributed by atoms with Gasteiger partial charge in [-0.3, -0.25) is 9.52 Å².